The van der Waals surface area contributed by atoms with Crippen LogP contribution in [0.3, 0.4) is 0 Å². The Balaban J connectivity index is 1.40. The fourth-order valence-electron chi connectivity index (χ4n) is 3.42. The Morgan fingerprint density at radius 1 is 1.12 bits per heavy atom. The van der Waals surface area contributed by atoms with Gasteiger partial charge in [0.25, 0.3) is 5.91 Å². The maximum absolute atomic E-state index is 12.5. The minimum absolute atomic E-state index is 0.0212. The smallest absolute Gasteiger partial charge is 0.265 e. The maximum atomic E-state index is 12.5. The molecule has 0 spiro atoms. The summed E-state index contributed by atoms with van der Waals surface area (Å²) in [5.41, 5.74) is 1.88. The highest BCUT2D eigenvalue weighted by Crippen LogP contribution is 2.41. The average Bonchev–Trinajstić information content (AvgIpc) is 3.51. The van der Waals surface area contributed by atoms with Crippen molar-refractivity contribution in [1.29, 1.82) is 0 Å². The molecule has 1 heterocycles. The number of carbonyl (C=O) groups is 2. The Morgan fingerprint density at radius 3 is 2.62 bits per heavy atom. The lowest BCUT2D eigenvalue weighted by molar-refractivity contribution is -0.122. The van der Waals surface area contributed by atoms with Crippen LogP contribution in [0.4, 0.5) is 5.69 Å². The Hall–Kier alpha value is -2.82. The molecule has 0 radical (unpaired) electrons. The van der Waals surface area contributed by atoms with E-state index in [1.807, 2.05) is 42.5 Å². The van der Waals surface area contributed by atoms with Crippen molar-refractivity contribution in [3.8, 4) is 5.75 Å². The first-order chi connectivity index (χ1) is 12.7. The van der Waals surface area contributed by atoms with Crippen molar-refractivity contribution in [3.63, 3.8) is 0 Å². The zero-order valence-electron chi connectivity index (χ0n) is 14.6. The lowest BCUT2D eigenvalue weighted by Crippen LogP contribution is -2.41. The molecule has 134 valence electrons. The second-order valence-corrected chi connectivity index (χ2v) is 6.85. The zero-order chi connectivity index (χ0) is 17.9. The number of carbonyl (C=O) groups excluding carboxylic acids is 2. The Bertz CT molecular complexity index is 802. The summed E-state index contributed by atoms with van der Waals surface area (Å²) in [5.74, 6) is 1.07. The van der Waals surface area contributed by atoms with Crippen molar-refractivity contribution >= 4 is 17.5 Å². The van der Waals surface area contributed by atoms with E-state index in [-0.39, 0.29) is 30.9 Å². The van der Waals surface area contributed by atoms with Crippen LogP contribution in [-0.4, -0.2) is 25.0 Å². The van der Waals surface area contributed by atoms with E-state index in [0.29, 0.717) is 18.2 Å². The largest absolute Gasteiger partial charge is 0.482 e. The average molecular weight is 350 g/mol. The van der Waals surface area contributed by atoms with Gasteiger partial charge in [0.15, 0.2) is 6.61 Å². The minimum Gasteiger partial charge on any atom is -0.482 e. The number of nitrogens with zero attached hydrogens (tertiary/aromatic N) is 1. The van der Waals surface area contributed by atoms with Gasteiger partial charge in [-0.05, 0) is 36.5 Å². The lowest BCUT2D eigenvalue weighted by atomic mass is 10.0. The van der Waals surface area contributed by atoms with Crippen molar-refractivity contribution < 1.29 is 14.3 Å². The number of amides is 2. The summed E-state index contributed by atoms with van der Waals surface area (Å²) in [6.07, 6.45) is 2.57. The van der Waals surface area contributed by atoms with E-state index in [9.17, 15) is 9.59 Å². The first-order valence-corrected chi connectivity index (χ1v) is 9.09. The quantitative estimate of drug-likeness (QED) is 0.871. The van der Waals surface area contributed by atoms with Gasteiger partial charge in [-0.1, -0.05) is 42.5 Å². The highest BCUT2D eigenvalue weighted by atomic mass is 16.5. The summed E-state index contributed by atoms with van der Waals surface area (Å²) in [5, 5.41) is 3.17. The monoisotopic (exact) mass is 350 g/mol. The molecule has 2 aliphatic rings. The number of para-hydroxylation sites is 2. The van der Waals surface area contributed by atoms with Crippen LogP contribution < -0.4 is 15.0 Å². The van der Waals surface area contributed by atoms with E-state index in [1.54, 1.807) is 4.90 Å². The number of nitrogens with one attached hydrogen (secondary N) is 1. The molecule has 1 fully saturated rings. The second-order valence-electron chi connectivity index (χ2n) is 6.85. The molecule has 4 rings (SSSR count). The van der Waals surface area contributed by atoms with Crippen LogP contribution in [0, 0.1) is 5.92 Å². The van der Waals surface area contributed by atoms with E-state index >= 15 is 0 Å². The first kappa shape index (κ1) is 16.6. The van der Waals surface area contributed by atoms with Crippen molar-refractivity contribution in [2.75, 3.05) is 18.1 Å². The highest BCUT2D eigenvalue weighted by molar-refractivity contribution is 5.98. The molecule has 5 nitrogen and oxygen atoms in total. The van der Waals surface area contributed by atoms with Crippen LogP contribution in [0.2, 0.25) is 0 Å². The molecule has 2 aromatic rings. The number of anilines is 1. The van der Waals surface area contributed by atoms with Crippen molar-refractivity contribution in [3.05, 3.63) is 60.2 Å². The Kier molecular flexibility index (Phi) is 4.61. The molecule has 26 heavy (non-hydrogen) atoms. The van der Waals surface area contributed by atoms with Crippen LogP contribution in [0.5, 0.6) is 5.75 Å². The van der Waals surface area contributed by atoms with Gasteiger partial charge >= 0.3 is 0 Å². The molecule has 1 saturated carbocycles. The molecule has 1 unspecified atom stereocenters. The third-order valence-electron chi connectivity index (χ3n) is 4.94. The van der Waals surface area contributed by atoms with Crippen LogP contribution in [0.1, 0.15) is 30.9 Å². The molecule has 0 aromatic heterocycles. The van der Waals surface area contributed by atoms with Gasteiger partial charge in [-0.15, -0.1) is 0 Å². The van der Waals surface area contributed by atoms with E-state index < -0.39 is 0 Å². The molecule has 0 saturated heterocycles. The first-order valence-electron chi connectivity index (χ1n) is 9.09. The van der Waals surface area contributed by atoms with E-state index in [2.05, 4.69) is 17.4 Å². The van der Waals surface area contributed by atoms with E-state index in [0.717, 1.165) is 24.1 Å². The Labute approximate surface area is 153 Å². The summed E-state index contributed by atoms with van der Waals surface area (Å²) in [4.78, 5) is 26.4. The molecular formula is C21H22N2O3. The van der Waals surface area contributed by atoms with Gasteiger partial charge in [-0.3, -0.25) is 9.59 Å². The Morgan fingerprint density at radius 2 is 1.85 bits per heavy atom. The van der Waals surface area contributed by atoms with Gasteiger partial charge in [0.1, 0.15) is 5.75 Å². The number of fused-ring (bicyclic) bond motifs is 1. The lowest BCUT2D eigenvalue weighted by Gasteiger charge is -2.29. The van der Waals surface area contributed by atoms with Crippen LogP contribution in [0.25, 0.3) is 0 Å². The van der Waals surface area contributed by atoms with Crippen LogP contribution in [0.15, 0.2) is 54.6 Å². The number of hydrogen-bond donors (Lipinski definition) is 1. The summed E-state index contributed by atoms with van der Waals surface area (Å²) in [6, 6.07) is 17.6. The number of ether oxygens (including phenoxy) is 1. The van der Waals surface area contributed by atoms with Crippen molar-refractivity contribution in [2.24, 2.45) is 5.92 Å². The van der Waals surface area contributed by atoms with Gasteiger partial charge < -0.3 is 15.0 Å². The normalized spacial score (nSPS) is 17.2. The van der Waals surface area contributed by atoms with Gasteiger partial charge in [-0.25, -0.2) is 0 Å². The maximum Gasteiger partial charge on any atom is 0.265 e. The summed E-state index contributed by atoms with van der Waals surface area (Å²) in [6.45, 7) is 0.380. The molecular weight excluding hydrogens is 328 g/mol. The van der Waals surface area contributed by atoms with Crippen molar-refractivity contribution in [1.82, 2.24) is 5.32 Å². The number of benzene rings is 2. The molecule has 2 aromatic carbocycles. The molecule has 0 bridgehead atoms. The second kappa shape index (κ2) is 7.20. The molecule has 1 aliphatic heterocycles. The number of rotatable bonds is 6. The molecule has 1 N–H and O–H groups in total. The SMILES string of the molecule is O=C(CCN1C(=O)COc2ccccc21)NC(c1ccccc1)C1CC1. The fraction of sp³-hybridized carbons (Fsp3) is 0.333. The number of hydrogen-bond acceptors (Lipinski definition) is 3. The van der Waals surface area contributed by atoms with Gasteiger partial charge in [0.05, 0.1) is 11.7 Å². The third kappa shape index (κ3) is 3.57. The standard InChI is InChI=1S/C21H22N2O3/c24-19(22-21(16-10-11-16)15-6-2-1-3-7-15)12-13-23-17-8-4-5-9-18(17)26-14-20(23)25/h1-9,16,21H,10-14H2,(H,22,24). The van der Waals surface area contributed by atoms with Crippen LogP contribution in [-0.2, 0) is 9.59 Å². The van der Waals surface area contributed by atoms with Gasteiger partial charge in [0, 0.05) is 13.0 Å². The zero-order valence-corrected chi connectivity index (χ0v) is 14.6. The van der Waals surface area contributed by atoms with Crippen LogP contribution >= 0.6 is 0 Å². The van der Waals surface area contributed by atoms with Crippen molar-refractivity contribution in [2.45, 2.75) is 25.3 Å². The predicted molar refractivity (Wildman–Crippen MR) is 99.0 cm³/mol. The topological polar surface area (TPSA) is 58.6 Å². The molecule has 5 heteroatoms. The third-order valence-corrected chi connectivity index (χ3v) is 4.94. The van der Waals surface area contributed by atoms with Gasteiger partial charge in [0.2, 0.25) is 5.91 Å². The molecule has 1 atom stereocenters. The predicted octanol–water partition coefficient (Wildman–Crippen LogP) is 3.07. The molecule has 2 amide bonds. The van der Waals surface area contributed by atoms with E-state index in [1.165, 1.54) is 0 Å². The van der Waals surface area contributed by atoms with E-state index in [4.69, 9.17) is 4.74 Å². The fourth-order valence-corrected chi connectivity index (χ4v) is 3.42. The highest BCUT2D eigenvalue weighted by Gasteiger charge is 2.33. The van der Waals surface area contributed by atoms with Gasteiger partial charge in [-0.2, -0.15) is 0 Å². The summed E-state index contributed by atoms with van der Waals surface area (Å²) < 4.78 is 5.44. The summed E-state index contributed by atoms with van der Waals surface area (Å²) >= 11 is 0. The summed E-state index contributed by atoms with van der Waals surface area (Å²) in [7, 11) is 0. The minimum atomic E-state index is -0.113. The molecule has 1 aliphatic carbocycles.